The summed E-state index contributed by atoms with van der Waals surface area (Å²) in [6.07, 6.45) is 0.000668. The van der Waals surface area contributed by atoms with Gasteiger partial charge in [-0.15, -0.1) is 0 Å². The fourth-order valence-corrected chi connectivity index (χ4v) is 2.77. The molecular formula is C15H30N2O4Si. The van der Waals surface area contributed by atoms with Crippen molar-refractivity contribution >= 4 is 20.3 Å². The molecule has 0 aromatic heterocycles. The van der Waals surface area contributed by atoms with E-state index in [-0.39, 0.29) is 12.1 Å². The maximum absolute atomic E-state index is 12.0. The molecule has 2 amide bonds. The van der Waals surface area contributed by atoms with Crippen LogP contribution in [0.3, 0.4) is 0 Å². The summed E-state index contributed by atoms with van der Waals surface area (Å²) in [6, 6.07) is 0.894. The van der Waals surface area contributed by atoms with Gasteiger partial charge < -0.3 is 19.7 Å². The number of hydrogen-bond donors (Lipinski definition) is 1. The lowest BCUT2D eigenvalue weighted by Gasteiger charge is -2.22. The van der Waals surface area contributed by atoms with Crippen LogP contribution in [-0.2, 0) is 9.47 Å². The van der Waals surface area contributed by atoms with Crippen LogP contribution in [0.25, 0.3) is 0 Å². The molecule has 0 aliphatic carbocycles. The van der Waals surface area contributed by atoms with Crippen LogP contribution in [0.1, 0.15) is 27.2 Å². The van der Waals surface area contributed by atoms with E-state index in [0.29, 0.717) is 19.7 Å². The van der Waals surface area contributed by atoms with E-state index in [4.69, 9.17) is 9.47 Å². The van der Waals surface area contributed by atoms with Gasteiger partial charge in [0.1, 0.15) is 5.60 Å². The van der Waals surface area contributed by atoms with Crippen LogP contribution in [0.4, 0.5) is 9.59 Å². The van der Waals surface area contributed by atoms with E-state index in [0.717, 1.165) is 12.5 Å². The predicted octanol–water partition coefficient (Wildman–Crippen LogP) is 3.06. The molecule has 1 aliphatic heterocycles. The third kappa shape index (κ3) is 7.68. The molecular weight excluding hydrogens is 300 g/mol. The van der Waals surface area contributed by atoms with Crippen molar-refractivity contribution in [2.45, 2.75) is 64.5 Å². The van der Waals surface area contributed by atoms with Crippen molar-refractivity contribution < 1.29 is 19.1 Å². The van der Waals surface area contributed by atoms with Gasteiger partial charge in [0.2, 0.25) is 0 Å². The summed E-state index contributed by atoms with van der Waals surface area (Å²) < 4.78 is 10.5. The molecule has 6 nitrogen and oxygen atoms in total. The Morgan fingerprint density at radius 1 is 1.27 bits per heavy atom. The minimum atomic E-state index is -1.19. The quantitative estimate of drug-likeness (QED) is 0.804. The Kier molecular flexibility index (Phi) is 6.28. The molecule has 128 valence electrons. The summed E-state index contributed by atoms with van der Waals surface area (Å²) in [4.78, 5) is 25.3. The van der Waals surface area contributed by atoms with Gasteiger partial charge in [0.05, 0.1) is 12.6 Å². The van der Waals surface area contributed by atoms with Crippen molar-refractivity contribution in [3.8, 4) is 0 Å². The highest BCUT2D eigenvalue weighted by molar-refractivity contribution is 6.76. The van der Waals surface area contributed by atoms with Crippen LogP contribution in [0.5, 0.6) is 0 Å². The number of rotatable bonds is 4. The van der Waals surface area contributed by atoms with Crippen molar-refractivity contribution in [3.63, 3.8) is 0 Å². The standard InChI is InChI=1S/C15H30N2O4Si/c1-15(2,3)21-13(18)16-12-7-8-17(11-12)14(19)20-9-10-22(4,5)6/h12H,7-11H2,1-6H3,(H,16,18). The van der Waals surface area contributed by atoms with E-state index in [9.17, 15) is 9.59 Å². The van der Waals surface area contributed by atoms with Crippen LogP contribution < -0.4 is 5.32 Å². The Balaban J connectivity index is 2.30. The first-order chi connectivity index (χ1) is 9.96. The van der Waals surface area contributed by atoms with Crippen LogP contribution >= 0.6 is 0 Å². The largest absolute Gasteiger partial charge is 0.450 e. The Hall–Kier alpha value is -1.24. The number of alkyl carbamates (subject to hydrolysis) is 1. The van der Waals surface area contributed by atoms with Gasteiger partial charge in [-0.2, -0.15) is 0 Å². The van der Waals surface area contributed by atoms with Gasteiger partial charge in [0, 0.05) is 21.2 Å². The molecule has 1 heterocycles. The van der Waals surface area contributed by atoms with Crippen molar-refractivity contribution in [2.24, 2.45) is 0 Å². The van der Waals surface area contributed by atoms with Crippen molar-refractivity contribution in [1.29, 1.82) is 0 Å². The maximum atomic E-state index is 12.0. The Morgan fingerprint density at radius 3 is 2.45 bits per heavy atom. The highest BCUT2D eigenvalue weighted by Gasteiger charge is 2.29. The second kappa shape index (κ2) is 7.35. The third-order valence-electron chi connectivity index (χ3n) is 3.24. The molecule has 0 spiro atoms. The lowest BCUT2D eigenvalue weighted by atomic mass is 10.2. The minimum absolute atomic E-state index is 0.0700. The monoisotopic (exact) mass is 330 g/mol. The summed E-state index contributed by atoms with van der Waals surface area (Å²) in [5, 5.41) is 2.80. The summed E-state index contributed by atoms with van der Waals surface area (Å²) in [6.45, 7) is 13.8. The number of hydrogen-bond acceptors (Lipinski definition) is 4. The normalized spacial score (nSPS) is 19.0. The van der Waals surface area contributed by atoms with Gasteiger partial charge in [-0.05, 0) is 33.2 Å². The van der Waals surface area contributed by atoms with Crippen LogP contribution in [-0.4, -0.2) is 56.5 Å². The van der Waals surface area contributed by atoms with E-state index in [2.05, 4.69) is 25.0 Å². The molecule has 0 aromatic carbocycles. The first-order valence-electron chi connectivity index (χ1n) is 7.87. The number of carbonyl (C=O) groups excluding carboxylic acids is 2. The molecule has 1 rings (SSSR count). The summed E-state index contributed by atoms with van der Waals surface area (Å²) in [7, 11) is -1.19. The number of likely N-dealkylation sites (tertiary alicyclic amines) is 1. The highest BCUT2D eigenvalue weighted by atomic mass is 28.3. The smallest absolute Gasteiger partial charge is 0.409 e. The Bertz CT molecular complexity index is 401. The molecule has 7 heteroatoms. The van der Waals surface area contributed by atoms with Gasteiger partial charge >= 0.3 is 12.2 Å². The Morgan fingerprint density at radius 2 is 1.91 bits per heavy atom. The van der Waals surface area contributed by atoms with Gasteiger partial charge in [-0.25, -0.2) is 9.59 Å². The zero-order valence-electron chi connectivity index (χ0n) is 14.7. The van der Waals surface area contributed by atoms with E-state index >= 15 is 0 Å². The zero-order chi connectivity index (χ0) is 17.0. The van der Waals surface area contributed by atoms with E-state index in [1.165, 1.54) is 0 Å². The summed E-state index contributed by atoms with van der Waals surface area (Å²) in [5.41, 5.74) is -0.516. The van der Waals surface area contributed by atoms with Crippen LogP contribution in [0.2, 0.25) is 25.7 Å². The van der Waals surface area contributed by atoms with Crippen LogP contribution in [0, 0.1) is 0 Å². The number of amides is 2. The molecule has 1 saturated heterocycles. The Labute approximate surface area is 134 Å². The predicted molar refractivity (Wildman–Crippen MR) is 88.8 cm³/mol. The van der Waals surface area contributed by atoms with Gasteiger partial charge in [0.25, 0.3) is 0 Å². The maximum Gasteiger partial charge on any atom is 0.409 e. The third-order valence-corrected chi connectivity index (χ3v) is 4.95. The fourth-order valence-electron chi connectivity index (χ4n) is 2.05. The average molecular weight is 331 g/mol. The van der Waals surface area contributed by atoms with E-state index < -0.39 is 19.8 Å². The molecule has 0 radical (unpaired) electrons. The van der Waals surface area contributed by atoms with Crippen molar-refractivity contribution in [2.75, 3.05) is 19.7 Å². The first kappa shape index (κ1) is 18.8. The second-order valence-corrected chi connectivity index (χ2v) is 13.6. The average Bonchev–Trinajstić information content (AvgIpc) is 2.72. The van der Waals surface area contributed by atoms with Crippen molar-refractivity contribution in [1.82, 2.24) is 10.2 Å². The molecule has 22 heavy (non-hydrogen) atoms. The van der Waals surface area contributed by atoms with Gasteiger partial charge in [0.15, 0.2) is 0 Å². The lowest BCUT2D eigenvalue weighted by Crippen LogP contribution is -2.41. The lowest BCUT2D eigenvalue weighted by molar-refractivity contribution is 0.0503. The summed E-state index contributed by atoms with van der Waals surface area (Å²) >= 11 is 0. The summed E-state index contributed by atoms with van der Waals surface area (Å²) in [5.74, 6) is 0. The SMILES string of the molecule is CC(C)(C)OC(=O)NC1CCN(C(=O)OCC[Si](C)(C)C)C1. The van der Waals surface area contributed by atoms with E-state index in [1.54, 1.807) is 4.90 Å². The first-order valence-corrected chi connectivity index (χ1v) is 11.6. The topological polar surface area (TPSA) is 67.9 Å². The minimum Gasteiger partial charge on any atom is -0.450 e. The number of carbonyl (C=O) groups is 2. The van der Waals surface area contributed by atoms with E-state index in [1.807, 2.05) is 20.8 Å². The molecule has 1 unspecified atom stereocenters. The second-order valence-electron chi connectivity index (χ2n) is 8.00. The van der Waals surface area contributed by atoms with Crippen molar-refractivity contribution in [3.05, 3.63) is 0 Å². The molecule has 1 N–H and O–H groups in total. The molecule has 0 aromatic rings. The molecule has 1 aliphatic rings. The molecule has 0 bridgehead atoms. The fraction of sp³-hybridized carbons (Fsp3) is 0.867. The van der Waals surface area contributed by atoms with Gasteiger partial charge in [-0.3, -0.25) is 0 Å². The molecule has 0 saturated carbocycles. The number of nitrogens with one attached hydrogen (secondary N) is 1. The molecule has 1 fully saturated rings. The molecule has 1 atom stereocenters. The highest BCUT2D eigenvalue weighted by Crippen LogP contribution is 2.14. The number of nitrogens with zero attached hydrogens (tertiary/aromatic N) is 1. The zero-order valence-corrected chi connectivity index (χ0v) is 15.7. The van der Waals surface area contributed by atoms with Gasteiger partial charge in [-0.1, -0.05) is 19.6 Å². The van der Waals surface area contributed by atoms with Crippen LogP contribution in [0.15, 0.2) is 0 Å². The number of ether oxygens (including phenoxy) is 2.